The molecule has 2 aliphatic rings. The highest BCUT2D eigenvalue weighted by Crippen LogP contribution is 2.43. The molecule has 2 rings (SSSR count). The van der Waals surface area contributed by atoms with E-state index in [0.717, 1.165) is 0 Å². The molecule has 0 amide bonds. The Morgan fingerprint density at radius 3 is 1.56 bits per heavy atom. The molecule has 4 atom stereocenters. The van der Waals surface area contributed by atoms with Crippen LogP contribution in [0.2, 0.25) is 0 Å². The fraction of sp³-hybridized carbons (Fsp3) is 0.500. The van der Waals surface area contributed by atoms with Crippen molar-refractivity contribution in [1.82, 2.24) is 0 Å². The van der Waals surface area contributed by atoms with Crippen molar-refractivity contribution >= 4 is 11.9 Å². The molecule has 0 spiro atoms. The van der Waals surface area contributed by atoms with Gasteiger partial charge in [0.1, 0.15) is 12.2 Å². The lowest BCUT2D eigenvalue weighted by Crippen LogP contribution is -2.58. The first kappa shape index (κ1) is 10.9. The van der Waals surface area contributed by atoms with E-state index in [-0.39, 0.29) is 36.0 Å². The smallest absolute Gasteiger partial charge is 0.303 e. The molecule has 0 heterocycles. The summed E-state index contributed by atoms with van der Waals surface area (Å²) in [6.45, 7) is 2.72. The lowest BCUT2D eigenvalue weighted by Gasteiger charge is -2.48. The number of carbonyl (C=O) groups is 2. The third kappa shape index (κ3) is 1.87. The van der Waals surface area contributed by atoms with E-state index in [4.69, 9.17) is 9.47 Å². The highest BCUT2D eigenvalue weighted by Gasteiger charge is 2.53. The first-order valence-electron chi connectivity index (χ1n) is 5.29. The van der Waals surface area contributed by atoms with E-state index in [2.05, 4.69) is 0 Å². The van der Waals surface area contributed by atoms with Crippen molar-refractivity contribution < 1.29 is 19.1 Å². The van der Waals surface area contributed by atoms with Crippen molar-refractivity contribution in [3.05, 3.63) is 24.3 Å². The number of hydrogen-bond acceptors (Lipinski definition) is 4. The molecule has 2 aliphatic carbocycles. The van der Waals surface area contributed by atoms with E-state index in [9.17, 15) is 9.59 Å². The quantitative estimate of drug-likeness (QED) is 0.659. The van der Waals surface area contributed by atoms with E-state index in [1.54, 1.807) is 0 Å². The van der Waals surface area contributed by atoms with Gasteiger partial charge in [-0.3, -0.25) is 9.59 Å². The fourth-order valence-electron chi connectivity index (χ4n) is 2.27. The van der Waals surface area contributed by atoms with Gasteiger partial charge in [-0.1, -0.05) is 24.3 Å². The summed E-state index contributed by atoms with van der Waals surface area (Å²) >= 11 is 0. The number of hydrogen-bond donors (Lipinski definition) is 0. The zero-order valence-corrected chi connectivity index (χ0v) is 9.25. The topological polar surface area (TPSA) is 52.6 Å². The predicted octanol–water partition coefficient (Wildman–Crippen LogP) is 1.22. The Hall–Kier alpha value is -1.58. The summed E-state index contributed by atoms with van der Waals surface area (Å²) in [4.78, 5) is 21.9. The van der Waals surface area contributed by atoms with Crippen LogP contribution in [0.1, 0.15) is 13.8 Å². The molecule has 0 saturated heterocycles. The Labute approximate surface area is 93.9 Å². The standard InChI is InChI=1S/C12H14O4/c1-7(13)15-11-9-5-3-4-6-10(9)12(11)16-8(2)14/h3-6,9-12H,1-2H3/t9?,10?,11-,12-/m1/s1. The van der Waals surface area contributed by atoms with Crippen molar-refractivity contribution in [2.24, 2.45) is 11.8 Å². The Bertz CT molecular complexity index is 333. The van der Waals surface area contributed by atoms with Crippen molar-refractivity contribution in [2.75, 3.05) is 0 Å². The summed E-state index contributed by atoms with van der Waals surface area (Å²) in [5.74, 6) is -0.413. The third-order valence-electron chi connectivity index (χ3n) is 2.91. The van der Waals surface area contributed by atoms with Crippen molar-refractivity contribution in [1.29, 1.82) is 0 Å². The van der Waals surface area contributed by atoms with Gasteiger partial charge in [-0.2, -0.15) is 0 Å². The minimum Gasteiger partial charge on any atom is -0.458 e. The van der Waals surface area contributed by atoms with Gasteiger partial charge in [0.05, 0.1) is 0 Å². The van der Waals surface area contributed by atoms with Gasteiger partial charge in [0, 0.05) is 25.7 Å². The van der Waals surface area contributed by atoms with E-state index in [1.807, 2.05) is 24.3 Å². The van der Waals surface area contributed by atoms with Gasteiger partial charge in [0.15, 0.2) is 0 Å². The van der Waals surface area contributed by atoms with Crippen LogP contribution in [0.15, 0.2) is 24.3 Å². The summed E-state index contributed by atoms with van der Waals surface area (Å²) in [6.07, 6.45) is 7.13. The highest BCUT2D eigenvalue weighted by atomic mass is 16.6. The van der Waals surface area contributed by atoms with Crippen molar-refractivity contribution in [3.8, 4) is 0 Å². The summed E-state index contributed by atoms with van der Waals surface area (Å²) in [5, 5.41) is 0. The maximum absolute atomic E-state index is 10.9. The largest absolute Gasteiger partial charge is 0.458 e. The summed E-state index contributed by atoms with van der Waals surface area (Å²) in [5.41, 5.74) is 0. The molecule has 0 radical (unpaired) electrons. The van der Waals surface area contributed by atoms with Gasteiger partial charge >= 0.3 is 11.9 Å². The monoisotopic (exact) mass is 222 g/mol. The predicted molar refractivity (Wildman–Crippen MR) is 56.4 cm³/mol. The summed E-state index contributed by atoms with van der Waals surface area (Å²) in [6, 6.07) is 0. The SMILES string of the molecule is CC(=O)O[C@@H]1C2C=CC=CC2[C@H]1OC(C)=O. The van der Waals surface area contributed by atoms with Gasteiger partial charge in [-0.05, 0) is 0 Å². The molecule has 0 aromatic heterocycles. The number of carbonyl (C=O) groups excluding carboxylic acids is 2. The lowest BCUT2D eigenvalue weighted by molar-refractivity contribution is -0.196. The minimum atomic E-state index is -0.344. The van der Waals surface area contributed by atoms with E-state index < -0.39 is 0 Å². The van der Waals surface area contributed by atoms with Crippen molar-refractivity contribution in [3.63, 3.8) is 0 Å². The Balaban J connectivity index is 2.08. The number of allylic oxidation sites excluding steroid dienone is 2. The van der Waals surface area contributed by atoms with Crippen LogP contribution in [-0.4, -0.2) is 24.1 Å². The molecule has 86 valence electrons. The van der Waals surface area contributed by atoms with E-state index >= 15 is 0 Å². The molecule has 1 saturated carbocycles. The molecular formula is C12H14O4. The molecule has 16 heavy (non-hydrogen) atoms. The molecule has 4 heteroatoms. The van der Waals surface area contributed by atoms with Gasteiger partial charge < -0.3 is 9.47 Å². The van der Waals surface area contributed by atoms with Crippen molar-refractivity contribution in [2.45, 2.75) is 26.1 Å². The average Bonchev–Trinajstić information content (AvgIpc) is 2.23. The van der Waals surface area contributed by atoms with Crippen LogP contribution >= 0.6 is 0 Å². The van der Waals surface area contributed by atoms with Gasteiger partial charge in [0.25, 0.3) is 0 Å². The molecule has 0 aromatic carbocycles. The first-order valence-corrected chi connectivity index (χ1v) is 5.29. The van der Waals surface area contributed by atoms with Crippen LogP contribution in [-0.2, 0) is 19.1 Å². The van der Waals surface area contributed by atoms with Gasteiger partial charge in [-0.25, -0.2) is 0 Å². The lowest BCUT2D eigenvalue weighted by atomic mass is 9.66. The second-order valence-corrected chi connectivity index (χ2v) is 4.07. The third-order valence-corrected chi connectivity index (χ3v) is 2.91. The Morgan fingerprint density at radius 1 is 0.875 bits per heavy atom. The van der Waals surface area contributed by atoms with Crippen LogP contribution in [0.5, 0.6) is 0 Å². The molecule has 4 nitrogen and oxygen atoms in total. The maximum Gasteiger partial charge on any atom is 0.303 e. The number of rotatable bonds is 2. The Kier molecular flexibility index (Phi) is 2.81. The molecule has 1 fully saturated rings. The summed E-state index contributed by atoms with van der Waals surface area (Å²) < 4.78 is 10.3. The molecule has 0 bridgehead atoms. The zero-order chi connectivity index (χ0) is 11.7. The fourth-order valence-corrected chi connectivity index (χ4v) is 2.27. The molecule has 0 aromatic rings. The second kappa shape index (κ2) is 4.12. The second-order valence-electron chi connectivity index (χ2n) is 4.07. The van der Waals surface area contributed by atoms with Gasteiger partial charge in [-0.15, -0.1) is 0 Å². The van der Waals surface area contributed by atoms with Crippen LogP contribution in [0.25, 0.3) is 0 Å². The zero-order valence-electron chi connectivity index (χ0n) is 9.25. The number of ether oxygens (including phenoxy) is 2. The van der Waals surface area contributed by atoms with Gasteiger partial charge in [0.2, 0.25) is 0 Å². The van der Waals surface area contributed by atoms with E-state index in [0.29, 0.717) is 0 Å². The van der Waals surface area contributed by atoms with Crippen LogP contribution in [0, 0.1) is 11.8 Å². The molecule has 2 unspecified atom stereocenters. The number of esters is 2. The molecular weight excluding hydrogens is 208 g/mol. The normalized spacial score (nSPS) is 34.9. The maximum atomic E-state index is 10.9. The van der Waals surface area contributed by atoms with Crippen LogP contribution in [0.3, 0.4) is 0 Å². The van der Waals surface area contributed by atoms with E-state index in [1.165, 1.54) is 13.8 Å². The number of fused-ring (bicyclic) bond motifs is 1. The average molecular weight is 222 g/mol. The molecule has 0 aliphatic heterocycles. The van der Waals surface area contributed by atoms with Crippen LogP contribution < -0.4 is 0 Å². The first-order chi connectivity index (χ1) is 7.59. The molecule has 0 N–H and O–H groups in total. The van der Waals surface area contributed by atoms with Crippen LogP contribution in [0.4, 0.5) is 0 Å². The summed E-state index contributed by atoms with van der Waals surface area (Å²) in [7, 11) is 0. The minimum absolute atomic E-state index is 0.137. The Morgan fingerprint density at radius 2 is 1.25 bits per heavy atom. The highest BCUT2D eigenvalue weighted by molar-refractivity contribution is 5.68.